The first-order valence-electron chi connectivity index (χ1n) is 9.52. The van der Waals surface area contributed by atoms with Crippen LogP contribution < -0.4 is 0 Å². The van der Waals surface area contributed by atoms with Gasteiger partial charge in [-0.05, 0) is 18.7 Å². The molecule has 160 valence electrons. The Morgan fingerprint density at radius 3 is 2.37 bits per heavy atom. The molecule has 3 rings (SSSR count). The number of benzene rings is 2. The third kappa shape index (κ3) is 5.21. The highest BCUT2D eigenvalue weighted by atomic mass is 32.2. The Balaban J connectivity index is 1.56. The Kier molecular flexibility index (Phi) is 6.80. The minimum absolute atomic E-state index is 0.0548. The Morgan fingerprint density at radius 2 is 1.73 bits per heavy atom. The average Bonchev–Trinajstić information content (AvgIpc) is 2.74. The molecule has 0 aromatic heterocycles. The summed E-state index contributed by atoms with van der Waals surface area (Å²) in [7, 11) is -1.98. The summed E-state index contributed by atoms with van der Waals surface area (Å²) in [6, 6.07) is 14.9. The highest BCUT2D eigenvalue weighted by Gasteiger charge is 2.31. The molecule has 0 bridgehead atoms. The van der Waals surface area contributed by atoms with Crippen molar-refractivity contribution in [2.24, 2.45) is 0 Å². The van der Waals surface area contributed by atoms with Crippen LogP contribution in [0.5, 0.6) is 0 Å². The van der Waals surface area contributed by atoms with E-state index in [9.17, 15) is 23.3 Å². The average molecular weight is 433 g/mol. The second kappa shape index (κ2) is 9.33. The van der Waals surface area contributed by atoms with Crippen LogP contribution in [0, 0.1) is 10.1 Å². The summed E-state index contributed by atoms with van der Waals surface area (Å²) in [6.45, 7) is 1.76. The Hall–Kier alpha value is -2.82. The van der Waals surface area contributed by atoms with Gasteiger partial charge in [0.25, 0.3) is 5.69 Å². The molecule has 1 fully saturated rings. The number of carbonyl (C=O) groups excluding carboxylic acids is 1. The molecule has 1 amide bonds. The molecule has 0 radical (unpaired) electrons. The molecule has 0 unspecified atom stereocenters. The van der Waals surface area contributed by atoms with Gasteiger partial charge in [0.15, 0.2) is 0 Å². The van der Waals surface area contributed by atoms with Crippen molar-refractivity contribution in [1.29, 1.82) is 0 Å². The van der Waals surface area contributed by atoms with Crippen LogP contribution in [-0.2, 0) is 21.4 Å². The molecule has 0 N–H and O–H groups in total. The van der Waals surface area contributed by atoms with Gasteiger partial charge >= 0.3 is 0 Å². The first kappa shape index (κ1) is 21.9. The second-order valence-electron chi connectivity index (χ2n) is 7.20. The number of nitro benzene ring substituents is 1. The van der Waals surface area contributed by atoms with E-state index in [4.69, 9.17) is 0 Å². The van der Waals surface area contributed by atoms with E-state index in [2.05, 4.69) is 0 Å². The van der Waals surface area contributed by atoms with Gasteiger partial charge in [-0.2, -0.15) is 4.31 Å². The van der Waals surface area contributed by atoms with Crippen LogP contribution in [0.3, 0.4) is 0 Å². The van der Waals surface area contributed by atoms with E-state index in [1.165, 1.54) is 22.5 Å². The molecule has 1 saturated heterocycles. The number of nitrogens with zero attached hydrogens (tertiary/aromatic N) is 4. The maximum absolute atomic E-state index is 12.8. The van der Waals surface area contributed by atoms with Gasteiger partial charge in [0.1, 0.15) is 0 Å². The van der Waals surface area contributed by atoms with Gasteiger partial charge in [0, 0.05) is 44.9 Å². The summed E-state index contributed by atoms with van der Waals surface area (Å²) in [4.78, 5) is 26.4. The number of non-ortho nitro benzene ring substituents is 1. The third-order valence-electron chi connectivity index (χ3n) is 4.96. The monoisotopic (exact) mass is 432 g/mol. The van der Waals surface area contributed by atoms with Crippen molar-refractivity contribution in [3.05, 3.63) is 70.3 Å². The van der Waals surface area contributed by atoms with Crippen LogP contribution in [0.2, 0.25) is 0 Å². The summed E-state index contributed by atoms with van der Waals surface area (Å²) >= 11 is 0. The van der Waals surface area contributed by atoms with Crippen LogP contribution in [0.25, 0.3) is 0 Å². The lowest BCUT2D eigenvalue weighted by Gasteiger charge is -2.34. The van der Waals surface area contributed by atoms with Gasteiger partial charge in [0.2, 0.25) is 15.9 Å². The summed E-state index contributed by atoms with van der Waals surface area (Å²) in [5.41, 5.74) is 0.840. The fraction of sp³-hybridized carbons (Fsp3) is 0.350. The Bertz CT molecular complexity index is 1000. The molecule has 10 heteroatoms. The summed E-state index contributed by atoms with van der Waals surface area (Å²) in [5.74, 6) is -0.0548. The molecule has 30 heavy (non-hydrogen) atoms. The van der Waals surface area contributed by atoms with Gasteiger partial charge < -0.3 is 4.90 Å². The van der Waals surface area contributed by atoms with E-state index in [0.29, 0.717) is 6.54 Å². The van der Waals surface area contributed by atoms with Gasteiger partial charge in [-0.3, -0.25) is 19.8 Å². The van der Waals surface area contributed by atoms with Gasteiger partial charge in [-0.25, -0.2) is 8.42 Å². The lowest BCUT2D eigenvalue weighted by molar-refractivity contribution is -0.385. The fourth-order valence-electron chi connectivity index (χ4n) is 3.37. The number of hydrogen-bond acceptors (Lipinski definition) is 6. The fourth-order valence-corrected chi connectivity index (χ4v) is 4.83. The van der Waals surface area contributed by atoms with Crippen LogP contribution in [0.4, 0.5) is 5.69 Å². The zero-order chi connectivity index (χ0) is 21.7. The SMILES string of the molecule is CN(CC(=O)N1CCN(S(=O)(=O)c2cccc([N+](=O)[O-])c2)CC1)Cc1ccccc1. The number of nitro groups is 1. The van der Waals surface area contributed by atoms with Gasteiger partial charge in [0.05, 0.1) is 16.4 Å². The number of carbonyl (C=O) groups is 1. The van der Waals surface area contributed by atoms with E-state index in [0.717, 1.165) is 11.6 Å². The third-order valence-corrected chi connectivity index (χ3v) is 6.85. The number of amides is 1. The first-order chi connectivity index (χ1) is 14.3. The van der Waals surface area contributed by atoms with Gasteiger partial charge in [-0.1, -0.05) is 36.4 Å². The van der Waals surface area contributed by atoms with Gasteiger partial charge in [-0.15, -0.1) is 0 Å². The molecule has 9 nitrogen and oxygen atoms in total. The molecule has 1 heterocycles. The van der Waals surface area contributed by atoms with E-state index >= 15 is 0 Å². The highest BCUT2D eigenvalue weighted by Crippen LogP contribution is 2.22. The van der Waals surface area contributed by atoms with Crippen molar-refractivity contribution in [3.63, 3.8) is 0 Å². The molecule has 0 saturated carbocycles. The maximum atomic E-state index is 12.8. The second-order valence-corrected chi connectivity index (χ2v) is 9.14. The molecule has 0 spiro atoms. The number of piperazine rings is 1. The number of sulfonamides is 1. The van der Waals surface area contributed by atoms with Crippen LogP contribution in [-0.4, -0.2) is 73.1 Å². The molecule has 2 aromatic rings. The summed E-state index contributed by atoms with van der Waals surface area (Å²) in [5, 5.41) is 10.9. The predicted octanol–water partition coefficient (Wildman–Crippen LogP) is 1.56. The quantitative estimate of drug-likeness (QED) is 0.486. The normalized spacial score (nSPS) is 15.3. The van der Waals surface area contributed by atoms with E-state index in [-0.39, 0.29) is 49.2 Å². The minimum atomic E-state index is -3.85. The van der Waals surface area contributed by atoms with Crippen molar-refractivity contribution in [1.82, 2.24) is 14.1 Å². The van der Waals surface area contributed by atoms with Crippen molar-refractivity contribution in [3.8, 4) is 0 Å². The first-order valence-corrected chi connectivity index (χ1v) is 11.0. The molecule has 1 aliphatic heterocycles. The summed E-state index contributed by atoms with van der Waals surface area (Å²) < 4.78 is 26.9. The number of hydrogen-bond donors (Lipinski definition) is 0. The standard InChI is InChI=1S/C20H24N4O5S/c1-21(15-17-6-3-2-4-7-17)16-20(25)22-10-12-23(13-11-22)30(28,29)19-9-5-8-18(14-19)24(26)27/h2-9,14H,10-13,15-16H2,1H3. The largest absolute Gasteiger partial charge is 0.339 e. The Morgan fingerprint density at radius 1 is 1.07 bits per heavy atom. The molecular weight excluding hydrogens is 408 g/mol. The van der Waals surface area contributed by atoms with E-state index in [1.807, 2.05) is 42.3 Å². The van der Waals surface area contributed by atoms with Crippen LogP contribution in [0.1, 0.15) is 5.56 Å². The molecule has 0 aliphatic carbocycles. The molecule has 2 aromatic carbocycles. The minimum Gasteiger partial charge on any atom is -0.339 e. The topological polar surface area (TPSA) is 104 Å². The number of rotatable bonds is 7. The highest BCUT2D eigenvalue weighted by molar-refractivity contribution is 7.89. The Labute approximate surface area is 175 Å². The predicted molar refractivity (Wildman–Crippen MR) is 111 cm³/mol. The zero-order valence-electron chi connectivity index (χ0n) is 16.7. The van der Waals surface area contributed by atoms with Crippen molar-refractivity contribution in [2.45, 2.75) is 11.4 Å². The lowest BCUT2D eigenvalue weighted by Crippen LogP contribution is -2.52. The van der Waals surface area contributed by atoms with Crippen molar-refractivity contribution < 1.29 is 18.1 Å². The molecular formula is C20H24N4O5S. The van der Waals surface area contributed by atoms with Crippen LogP contribution >= 0.6 is 0 Å². The lowest BCUT2D eigenvalue weighted by atomic mass is 10.2. The summed E-state index contributed by atoms with van der Waals surface area (Å²) in [6.07, 6.45) is 0. The van der Waals surface area contributed by atoms with E-state index in [1.54, 1.807) is 4.90 Å². The number of likely N-dealkylation sites (N-methyl/N-ethyl adjacent to an activating group) is 1. The zero-order valence-corrected chi connectivity index (χ0v) is 17.5. The van der Waals surface area contributed by atoms with E-state index < -0.39 is 14.9 Å². The van der Waals surface area contributed by atoms with Crippen molar-refractivity contribution >= 4 is 21.6 Å². The molecule has 0 atom stereocenters. The molecule has 1 aliphatic rings. The van der Waals surface area contributed by atoms with Crippen LogP contribution in [0.15, 0.2) is 59.5 Å². The maximum Gasteiger partial charge on any atom is 0.270 e. The van der Waals surface area contributed by atoms with Crippen molar-refractivity contribution in [2.75, 3.05) is 39.8 Å². The smallest absolute Gasteiger partial charge is 0.270 e.